The van der Waals surface area contributed by atoms with Crippen LogP contribution in [0.5, 0.6) is 0 Å². The molecule has 0 N–H and O–H groups in total. The summed E-state index contributed by atoms with van der Waals surface area (Å²) in [6, 6.07) is 0. The Bertz CT molecular complexity index is 232. The lowest BCUT2D eigenvalue weighted by molar-refractivity contribution is -0.113. The van der Waals surface area contributed by atoms with Gasteiger partial charge in [0, 0.05) is 0 Å². The molecular weight excluding hydrogens is 172 g/mol. The molecule has 1 nitrogen and oxygen atoms in total. The Balaban J connectivity index is 4.90. The number of allylic oxidation sites excluding steroid dienone is 3. The maximum atomic E-state index is 11.2. The zero-order valence-electron chi connectivity index (χ0n) is 9.89. The van der Waals surface area contributed by atoms with E-state index in [1.807, 2.05) is 13.0 Å². The highest BCUT2D eigenvalue weighted by molar-refractivity contribution is 5.92. The summed E-state index contributed by atoms with van der Waals surface area (Å²) in [6.07, 6.45) is 7.12. The molecule has 80 valence electrons. The summed E-state index contributed by atoms with van der Waals surface area (Å²) in [5, 5.41) is 0. The van der Waals surface area contributed by atoms with Gasteiger partial charge in [-0.3, -0.25) is 4.79 Å². The average Bonchev–Trinajstić information content (AvgIpc) is 2.16. The number of rotatable bonds is 6. The van der Waals surface area contributed by atoms with E-state index in [2.05, 4.69) is 26.5 Å². The van der Waals surface area contributed by atoms with Crippen LogP contribution in [0.2, 0.25) is 0 Å². The molecule has 0 aromatic rings. The van der Waals surface area contributed by atoms with E-state index in [-0.39, 0.29) is 11.2 Å². The zero-order chi connectivity index (χ0) is 11.2. The fraction of sp³-hybridized carbons (Fsp3) is 0.615. The Morgan fingerprint density at radius 1 is 1.29 bits per heavy atom. The molecule has 0 saturated carbocycles. The molecule has 0 heterocycles. The Hall–Kier alpha value is -0.850. The average molecular weight is 194 g/mol. The molecule has 0 spiro atoms. The van der Waals surface area contributed by atoms with Gasteiger partial charge in [0.1, 0.15) is 0 Å². The van der Waals surface area contributed by atoms with Gasteiger partial charge in [0.15, 0.2) is 5.78 Å². The van der Waals surface area contributed by atoms with Gasteiger partial charge in [-0.1, -0.05) is 26.0 Å². The van der Waals surface area contributed by atoms with E-state index < -0.39 is 0 Å². The molecule has 0 radical (unpaired) electrons. The monoisotopic (exact) mass is 194 g/mol. The van der Waals surface area contributed by atoms with Crippen LogP contribution in [0.25, 0.3) is 0 Å². The van der Waals surface area contributed by atoms with Gasteiger partial charge < -0.3 is 0 Å². The molecule has 0 aliphatic heterocycles. The lowest BCUT2D eigenvalue weighted by Gasteiger charge is -2.27. The number of carbonyl (C=O) groups excluding carboxylic acids is 1. The molecule has 0 atom stereocenters. The summed E-state index contributed by atoms with van der Waals surface area (Å²) in [5.74, 6) is 0.167. The number of ketones is 1. The summed E-state index contributed by atoms with van der Waals surface area (Å²) in [7, 11) is 0. The standard InChI is InChI=1S/C13H22O/c1-6-9-13(7-2,8-3)10-11(4)12(5)14/h6,10H,1,7-9H2,2-5H3/b11-10+. The van der Waals surface area contributed by atoms with Crippen LogP contribution in [0.15, 0.2) is 24.3 Å². The third-order valence-corrected chi connectivity index (χ3v) is 3.04. The topological polar surface area (TPSA) is 17.1 Å². The van der Waals surface area contributed by atoms with Crippen LogP contribution in [0.4, 0.5) is 0 Å². The Morgan fingerprint density at radius 2 is 1.79 bits per heavy atom. The number of hydrogen-bond acceptors (Lipinski definition) is 1. The van der Waals surface area contributed by atoms with Gasteiger partial charge in [-0.15, -0.1) is 6.58 Å². The minimum atomic E-state index is 0.136. The molecule has 0 saturated heterocycles. The van der Waals surface area contributed by atoms with E-state index in [9.17, 15) is 4.79 Å². The second-order valence-corrected chi connectivity index (χ2v) is 3.95. The maximum absolute atomic E-state index is 11.2. The molecule has 14 heavy (non-hydrogen) atoms. The molecule has 0 bridgehead atoms. The fourth-order valence-electron chi connectivity index (χ4n) is 1.65. The molecular formula is C13H22O. The lowest BCUT2D eigenvalue weighted by atomic mass is 9.77. The van der Waals surface area contributed by atoms with Crippen LogP contribution in [0.1, 0.15) is 47.0 Å². The van der Waals surface area contributed by atoms with Crippen molar-refractivity contribution < 1.29 is 4.79 Å². The largest absolute Gasteiger partial charge is 0.295 e. The first-order valence-corrected chi connectivity index (χ1v) is 5.32. The van der Waals surface area contributed by atoms with E-state index in [4.69, 9.17) is 0 Å². The van der Waals surface area contributed by atoms with E-state index in [1.54, 1.807) is 6.92 Å². The predicted molar refractivity (Wildman–Crippen MR) is 62.3 cm³/mol. The third-order valence-electron chi connectivity index (χ3n) is 3.04. The molecule has 0 fully saturated rings. The first kappa shape index (κ1) is 13.2. The van der Waals surface area contributed by atoms with Crippen LogP contribution in [0.3, 0.4) is 0 Å². The van der Waals surface area contributed by atoms with Crippen molar-refractivity contribution in [3.63, 3.8) is 0 Å². The van der Waals surface area contributed by atoms with Crippen LogP contribution in [-0.2, 0) is 4.79 Å². The minimum absolute atomic E-state index is 0.136. The minimum Gasteiger partial charge on any atom is -0.295 e. The van der Waals surface area contributed by atoms with Crippen LogP contribution < -0.4 is 0 Å². The fourth-order valence-corrected chi connectivity index (χ4v) is 1.65. The summed E-state index contributed by atoms with van der Waals surface area (Å²) in [6.45, 7) is 11.6. The molecule has 0 amide bonds. The van der Waals surface area contributed by atoms with Gasteiger partial charge in [0.2, 0.25) is 0 Å². The van der Waals surface area contributed by atoms with Crippen molar-refractivity contribution in [1.82, 2.24) is 0 Å². The number of hydrogen-bond donors (Lipinski definition) is 0. The predicted octanol–water partition coefficient (Wildman–Crippen LogP) is 3.90. The molecule has 1 heteroatoms. The molecule has 0 aromatic heterocycles. The first-order valence-electron chi connectivity index (χ1n) is 5.32. The van der Waals surface area contributed by atoms with Crippen molar-refractivity contribution in [2.45, 2.75) is 47.0 Å². The van der Waals surface area contributed by atoms with Crippen molar-refractivity contribution in [1.29, 1.82) is 0 Å². The van der Waals surface area contributed by atoms with Gasteiger partial charge in [-0.05, 0) is 44.1 Å². The first-order chi connectivity index (χ1) is 6.51. The van der Waals surface area contributed by atoms with Gasteiger partial charge >= 0.3 is 0 Å². The Kier molecular flexibility index (Phi) is 5.44. The SMILES string of the molecule is C=CCC(/C=C(\C)C(C)=O)(CC)CC. The molecule has 0 aliphatic carbocycles. The third kappa shape index (κ3) is 3.49. The van der Waals surface area contributed by atoms with Crippen LogP contribution in [0, 0.1) is 5.41 Å². The Morgan fingerprint density at radius 3 is 2.07 bits per heavy atom. The van der Waals surface area contributed by atoms with E-state index in [0.29, 0.717) is 0 Å². The van der Waals surface area contributed by atoms with Gasteiger partial charge in [0.25, 0.3) is 0 Å². The summed E-state index contributed by atoms with van der Waals surface area (Å²) >= 11 is 0. The highest BCUT2D eigenvalue weighted by Gasteiger charge is 2.22. The van der Waals surface area contributed by atoms with E-state index in [0.717, 1.165) is 24.8 Å². The van der Waals surface area contributed by atoms with Crippen molar-refractivity contribution in [3.05, 3.63) is 24.3 Å². The highest BCUT2D eigenvalue weighted by atomic mass is 16.1. The summed E-state index contributed by atoms with van der Waals surface area (Å²) in [4.78, 5) is 11.2. The van der Waals surface area contributed by atoms with Gasteiger partial charge in [-0.25, -0.2) is 0 Å². The summed E-state index contributed by atoms with van der Waals surface area (Å²) < 4.78 is 0. The van der Waals surface area contributed by atoms with Gasteiger partial charge in [-0.2, -0.15) is 0 Å². The van der Waals surface area contributed by atoms with Crippen molar-refractivity contribution >= 4 is 5.78 Å². The van der Waals surface area contributed by atoms with E-state index in [1.165, 1.54) is 0 Å². The van der Waals surface area contributed by atoms with Crippen molar-refractivity contribution in [3.8, 4) is 0 Å². The van der Waals surface area contributed by atoms with Crippen molar-refractivity contribution in [2.75, 3.05) is 0 Å². The number of Topliss-reactive ketones (excluding diaryl/α,β-unsaturated/α-hetero) is 1. The normalized spacial score (nSPS) is 12.7. The second kappa shape index (κ2) is 5.79. The quantitative estimate of drug-likeness (QED) is 0.463. The molecule has 0 aromatic carbocycles. The summed E-state index contributed by atoms with van der Waals surface area (Å²) in [5.41, 5.74) is 1.01. The Labute approximate surface area is 87.9 Å². The molecule has 0 rings (SSSR count). The van der Waals surface area contributed by atoms with Crippen LogP contribution >= 0.6 is 0 Å². The molecule has 0 unspecified atom stereocenters. The maximum Gasteiger partial charge on any atom is 0.155 e. The van der Waals surface area contributed by atoms with E-state index >= 15 is 0 Å². The molecule has 0 aliphatic rings. The van der Waals surface area contributed by atoms with Crippen LogP contribution in [-0.4, -0.2) is 5.78 Å². The van der Waals surface area contributed by atoms with Gasteiger partial charge in [0.05, 0.1) is 0 Å². The number of carbonyl (C=O) groups is 1. The second-order valence-electron chi connectivity index (χ2n) is 3.95. The highest BCUT2D eigenvalue weighted by Crippen LogP contribution is 2.33. The zero-order valence-corrected chi connectivity index (χ0v) is 9.89. The van der Waals surface area contributed by atoms with Crippen molar-refractivity contribution in [2.24, 2.45) is 5.41 Å². The lowest BCUT2D eigenvalue weighted by Crippen LogP contribution is -2.16. The smallest absolute Gasteiger partial charge is 0.155 e.